The van der Waals surface area contributed by atoms with E-state index in [2.05, 4.69) is 27.3 Å². The maximum Gasteiger partial charge on any atom is 0.250 e. The molecule has 1 atom stereocenters. The lowest BCUT2D eigenvalue weighted by Gasteiger charge is -2.14. The summed E-state index contributed by atoms with van der Waals surface area (Å²) in [6, 6.07) is 13.4. The van der Waals surface area contributed by atoms with Crippen LogP contribution in [0.1, 0.15) is 19.4 Å². The zero-order chi connectivity index (χ0) is 21.0. The van der Waals surface area contributed by atoms with Gasteiger partial charge in [0.2, 0.25) is 10.0 Å². The molecule has 0 aliphatic heterocycles. The van der Waals surface area contributed by atoms with E-state index in [0.29, 0.717) is 36.5 Å². The highest BCUT2D eigenvalue weighted by molar-refractivity contribution is 14.0. The Morgan fingerprint density at radius 3 is 2.57 bits per heavy atom. The van der Waals surface area contributed by atoms with Gasteiger partial charge in [-0.2, -0.15) is 0 Å². The summed E-state index contributed by atoms with van der Waals surface area (Å²) in [7, 11) is -3.43. The van der Waals surface area contributed by atoms with Crippen LogP contribution < -0.4 is 15.4 Å². The Morgan fingerprint density at radius 2 is 1.90 bits per heavy atom. The quantitative estimate of drug-likeness (QED) is 0.159. The number of aliphatic imine (C=N–C) groups is 1. The van der Waals surface area contributed by atoms with E-state index in [1.807, 2.05) is 37.3 Å². The molecule has 1 aromatic carbocycles. The zero-order valence-electron chi connectivity index (χ0n) is 17.3. The third-order valence-electron chi connectivity index (χ3n) is 3.89. The molecule has 10 heteroatoms. The van der Waals surface area contributed by atoms with E-state index in [1.54, 1.807) is 17.5 Å². The van der Waals surface area contributed by atoms with Gasteiger partial charge in [0.15, 0.2) is 5.96 Å². The third kappa shape index (κ3) is 10.2. The molecule has 30 heavy (non-hydrogen) atoms. The number of halogens is 1. The van der Waals surface area contributed by atoms with Gasteiger partial charge in [0.1, 0.15) is 4.21 Å². The molecule has 3 N–H and O–H groups in total. The molecule has 0 radical (unpaired) electrons. The van der Waals surface area contributed by atoms with E-state index in [4.69, 9.17) is 4.74 Å². The van der Waals surface area contributed by atoms with E-state index in [0.717, 1.165) is 12.1 Å². The van der Waals surface area contributed by atoms with Gasteiger partial charge in [-0.3, -0.25) is 4.99 Å². The number of hydrogen-bond donors (Lipinski definition) is 3. The van der Waals surface area contributed by atoms with Crippen molar-refractivity contribution < 1.29 is 13.2 Å². The number of rotatable bonds is 12. The fourth-order valence-corrected chi connectivity index (χ4v) is 4.52. The van der Waals surface area contributed by atoms with Crippen LogP contribution >= 0.6 is 35.3 Å². The number of benzene rings is 1. The maximum atomic E-state index is 12.1. The molecule has 0 fully saturated rings. The molecule has 1 heterocycles. The van der Waals surface area contributed by atoms with Gasteiger partial charge in [0, 0.05) is 26.2 Å². The van der Waals surface area contributed by atoms with Crippen LogP contribution in [0.2, 0.25) is 0 Å². The highest BCUT2D eigenvalue weighted by Gasteiger charge is 2.13. The first kappa shape index (κ1) is 26.8. The summed E-state index contributed by atoms with van der Waals surface area (Å²) in [6.07, 6.45) is 0. The van der Waals surface area contributed by atoms with Crippen LogP contribution in [0.5, 0.6) is 0 Å². The molecule has 0 amide bonds. The summed E-state index contributed by atoms with van der Waals surface area (Å²) in [5.74, 6) is 0.934. The average molecular weight is 567 g/mol. The Bertz CT molecular complexity index is 831. The number of nitrogens with one attached hydrogen (secondary N) is 3. The molecule has 0 saturated heterocycles. The summed E-state index contributed by atoms with van der Waals surface area (Å²) in [6.45, 7) is 7.36. The van der Waals surface area contributed by atoms with E-state index < -0.39 is 10.0 Å². The van der Waals surface area contributed by atoms with Crippen LogP contribution in [0.3, 0.4) is 0 Å². The number of nitrogens with zero attached hydrogens (tertiary/aromatic N) is 1. The molecule has 0 aliphatic rings. The Balaban J connectivity index is 0.00000450. The molecular formula is C20H31IN4O3S2. The SMILES string of the molecule is CCNC(=NCC(C)COCc1ccccc1)NCCNS(=O)(=O)c1cccs1.I. The van der Waals surface area contributed by atoms with Gasteiger partial charge in [-0.15, -0.1) is 35.3 Å². The van der Waals surface area contributed by atoms with E-state index in [-0.39, 0.29) is 36.4 Å². The number of hydrogen-bond acceptors (Lipinski definition) is 5. The largest absolute Gasteiger partial charge is 0.376 e. The Morgan fingerprint density at radius 1 is 1.13 bits per heavy atom. The summed E-state index contributed by atoms with van der Waals surface area (Å²) in [5.41, 5.74) is 1.16. The van der Waals surface area contributed by atoms with Crippen LogP contribution in [0.25, 0.3) is 0 Å². The molecule has 2 rings (SSSR count). The van der Waals surface area contributed by atoms with Crippen molar-refractivity contribution >= 4 is 51.3 Å². The minimum absolute atomic E-state index is 0. The predicted molar refractivity (Wildman–Crippen MR) is 134 cm³/mol. The first-order valence-electron chi connectivity index (χ1n) is 9.68. The number of thiophene rings is 1. The first-order chi connectivity index (χ1) is 14.0. The normalized spacial score (nSPS) is 12.8. The molecule has 7 nitrogen and oxygen atoms in total. The summed E-state index contributed by atoms with van der Waals surface area (Å²) in [4.78, 5) is 4.56. The molecule has 0 spiro atoms. The lowest BCUT2D eigenvalue weighted by Crippen LogP contribution is -2.41. The van der Waals surface area contributed by atoms with Gasteiger partial charge >= 0.3 is 0 Å². The smallest absolute Gasteiger partial charge is 0.250 e. The van der Waals surface area contributed by atoms with E-state index in [9.17, 15) is 8.42 Å². The van der Waals surface area contributed by atoms with Crippen molar-refractivity contribution in [2.24, 2.45) is 10.9 Å². The van der Waals surface area contributed by atoms with Crippen molar-refractivity contribution in [1.29, 1.82) is 0 Å². The highest BCUT2D eigenvalue weighted by atomic mass is 127. The van der Waals surface area contributed by atoms with Crippen LogP contribution in [-0.2, 0) is 21.4 Å². The topological polar surface area (TPSA) is 91.8 Å². The third-order valence-corrected chi connectivity index (χ3v) is 6.75. The van der Waals surface area contributed by atoms with Crippen LogP contribution in [0.4, 0.5) is 0 Å². The van der Waals surface area contributed by atoms with Crippen molar-refractivity contribution in [2.45, 2.75) is 24.7 Å². The minimum atomic E-state index is -3.43. The van der Waals surface area contributed by atoms with E-state index >= 15 is 0 Å². The van der Waals surface area contributed by atoms with E-state index in [1.165, 1.54) is 11.3 Å². The standard InChI is InChI=1S/C20H30N4O3S2.HI/c1-3-21-20(22-11-12-24-29(25,26)19-10-7-13-28-19)23-14-17(2)15-27-16-18-8-5-4-6-9-18;/h4-10,13,17,24H,3,11-12,14-16H2,1-2H3,(H2,21,22,23);1H. The molecule has 0 aliphatic carbocycles. The molecule has 168 valence electrons. The Labute approximate surface area is 200 Å². The maximum absolute atomic E-state index is 12.1. The molecule has 1 unspecified atom stereocenters. The summed E-state index contributed by atoms with van der Waals surface area (Å²) >= 11 is 1.20. The number of guanidine groups is 1. The fourth-order valence-electron chi connectivity index (χ4n) is 2.45. The van der Waals surface area contributed by atoms with Gasteiger partial charge in [0.25, 0.3) is 0 Å². The van der Waals surface area contributed by atoms with Crippen molar-refractivity contribution in [3.05, 3.63) is 53.4 Å². The van der Waals surface area contributed by atoms with Crippen LogP contribution in [0, 0.1) is 5.92 Å². The summed E-state index contributed by atoms with van der Waals surface area (Å²) < 4.78 is 32.9. The second-order valence-corrected chi connectivity index (χ2v) is 9.52. The molecule has 1 aromatic heterocycles. The van der Waals surface area contributed by atoms with Crippen LogP contribution in [0.15, 0.2) is 57.0 Å². The van der Waals surface area contributed by atoms with Gasteiger partial charge in [-0.05, 0) is 29.9 Å². The van der Waals surface area contributed by atoms with Crippen molar-refractivity contribution in [3.8, 4) is 0 Å². The van der Waals surface area contributed by atoms with Crippen molar-refractivity contribution in [3.63, 3.8) is 0 Å². The second kappa shape index (κ2) is 14.7. The monoisotopic (exact) mass is 566 g/mol. The zero-order valence-corrected chi connectivity index (χ0v) is 21.3. The van der Waals surface area contributed by atoms with Gasteiger partial charge < -0.3 is 15.4 Å². The number of ether oxygens (including phenoxy) is 1. The highest BCUT2D eigenvalue weighted by Crippen LogP contribution is 2.14. The molecule has 0 saturated carbocycles. The number of sulfonamides is 1. The van der Waals surface area contributed by atoms with Crippen molar-refractivity contribution in [1.82, 2.24) is 15.4 Å². The Kier molecular flexibility index (Phi) is 13.2. The molecular weight excluding hydrogens is 535 g/mol. The summed E-state index contributed by atoms with van der Waals surface area (Å²) in [5, 5.41) is 8.06. The molecule has 2 aromatic rings. The second-order valence-electron chi connectivity index (χ2n) is 6.58. The minimum Gasteiger partial charge on any atom is -0.376 e. The molecule has 0 bridgehead atoms. The average Bonchev–Trinajstić information content (AvgIpc) is 3.26. The first-order valence-corrected chi connectivity index (χ1v) is 12.0. The van der Waals surface area contributed by atoms with Gasteiger partial charge in [-0.25, -0.2) is 13.1 Å². The predicted octanol–water partition coefficient (Wildman–Crippen LogP) is 3.05. The Hall–Kier alpha value is -1.21. The van der Waals surface area contributed by atoms with Crippen LogP contribution in [-0.4, -0.2) is 47.2 Å². The van der Waals surface area contributed by atoms with Gasteiger partial charge in [-0.1, -0.05) is 43.3 Å². The van der Waals surface area contributed by atoms with Gasteiger partial charge in [0.05, 0.1) is 13.2 Å². The fraction of sp³-hybridized carbons (Fsp3) is 0.450. The lowest BCUT2D eigenvalue weighted by atomic mass is 10.2. The lowest BCUT2D eigenvalue weighted by molar-refractivity contribution is 0.0945. The van der Waals surface area contributed by atoms with Crippen molar-refractivity contribution in [2.75, 3.05) is 32.8 Å².